The molecule has 21 heavy (non-hydrogen) atoms. The number of urea groups is 1. The summed E-state index contributed by atoms with van der Waals surface area (Å²) in [5.74, 6) is -1.06. The summed E-state index contributed by atoms with van der Waals surface area (Å²) in [4.78, 5) is 38.9. The second kappa shape index (κ2) is 5.54. The van der Waals surface area contributed by atoms with Crippen molar-refractivity contribution in [3.8, 4) is 0 Å². The average Bonchev–Trinajstić information content (AvgIpc) is 2.87. The summed E-state index contributed by atoms with van der Waals surface area (Å²) in [6.45, 7) is 6.98. The van der Waals surface area contributed by atoms with Crippen molar-refractivity contribution in [2.45, 2.75) is 33.2 Å². The summed E-state index contributed by atoms with van der Waals surface area (Å²) in [7, 11) is 0. The zero-order valence-corrected chi connectivity index (χ0v) is 12.8. The van der Waals surface area contributed by atoms with Gasteiger partial charge in [-0.15, -0.1) is 0 Å². The van der Waals surface area contributed by atoms with Gasteiger partial charge in [0.05, 0.1) is 5.41 Å². The number of likely N-dealkylation sites (tertiary alicyclic amines) is 1. The standard InChI is InChI=1S/C14H23N3O4/c1-9(2)14(12(19)20)4-6-16(8-14)13(21)17-7-5-15-11(18)10(17)3/h9-10H,4-8H2,1-3H3,(H,15,18)(H,19,20). The van der Waals surface area contributed by atoms with E-state index < -0.39 is 17.4 Å². The van der Waals surface area contributed by atoms with Crippen LogP contribution in [-0.4, -0.2) is 65.0 Å². The normalized spacial score (nSPS) is 29.7. The minimum atomic E-state index is -0.878. The molecule has 0 aromatic carbocycles. The molecule has 0 spiro atoms. The lowest BCUT2D eigenvalue weighted by atomic mass is 9.76. The predicted octanol–water partition coefficient (Wildman–Crippen LogP) is 0.359. The van der Waals surface area contributed by atoms with E-state index in [0.29, 0.717) is 26.1 Å². The monoisotopic (exact) mass is 297 g/mol. The first kappa shape index (κ1) is 15.6. The number of hydrogen-bond donors (Lipinski definition) is 2. The van der Waals surface area contributed by atoms with Gasteiger partial charge in [-0.1, -0.05) is 13.8 Å². The molecule has 3 amide bonds. The molecule has 0 aliphatic carbocycles. The van der Waals surface area contributed by atoms with Crippen LogP contribution >= 0.6 is 0 Å². The molecule has 0 saturated carbocycles. The zero-order chi connectivity index (χ0) is 15.8. The summed E-state index contributed by atoms with van der Waals surface area (Å²) in [5.41, 5.74) is -0.878. The van der Waals surface area contributed by atoms with E-state index in [0.717, 1.165) is 0 Å². The highest BCUT2D eigenvalue weighted by Crippen LogP contribution is 2.38. The molecule has 0 radical (unpaired) electrons. The third kappa shape index (κ3) is 2.56. The molecule has 0 aromatic heterocycles. The lowest BCUT2D eigenvalue weighted by Crippen LogP contribution is -2.58. The van der Waals surface area contributed by atoms with Crippen LogP contribution in [-0.2, 0) is 9.59 Å². The summed E-state index contributed by atoms with van der Waals surface area (Å²) in [6.07, 6.45) is 0.458. The van der Waals surface area contributed by atoms with Gasteiger partial charge in [-0.2, -0.15) is 0 Å². The van der Waals surface area contributed by atoms with Crippen LogP contribution in [0.25, 0.3) is 0 Å². The van der Waals surface area contributed by atoms with Gasteiger partial charge < -0.3 is 20.2 Å². The SMILES string of the molecule is CC1C(=O)NCCN1C(=O)N1CCC(C(=O)O)(C(C)C)C1. The lowest BCUT2D eigenvalue weighted by Gasteiger charge is -2.36. The fourth-order valence-electron chi connectivity index (χ4n) is 3.11. The quantitative estimate of drug-likeness (QED) is 0.770. The average molecular weight is 297 g/mol. The summed E-state index contributed by atoms with van der Waals surface area (Å²) in [6, 6.07) is -0.744. The van der Waals surface area contributed by atoms with Crippen LogP contribution in [0.1, 0.15) is 27.2 Å². The minimum absolute atomic E-state index is 0.0464. The van der Waals surface area contributed by atoms with E-state index in [9.17, 15) is 19.5 Å². The van der Waals surface area contributed by atoms with Crippen LogP contribution in [0, 0.1) is 11.3 Å². The largest absolute Gasteiger partial charge is 0.481 e. The van der Waals surface area contributed by atoms with E-state index in [1.54, 1.807) is 11.8 Å². The van der Waals surface area contributed by atoms with Gasteiger partial charge in [-0.05, 0) is 19.3 Å². The molecule has 2 atom stereocenters. The fourth-order valence-corrected chi connectivity index (χ4v) is 3.11. The highest BCUT2D eigenvalue weighted by molar-refractivity contribution is 5.88. The number of nitrogens with zero attached hydrogens (tertiary/aromatic N) is 2. The maximum Gasteiger partial charge on any atom is 0.320 e. The van der Waals surface area contributed by atoms with Gasteiger partial charge in [0.25, 0.3) is 0 Å². The lowest BCUT2D eigenvalue weighted by molar-refractivity contribution is -0.150. The van der Waals surface area contributed by atoms with Gasteiger partial charge >= 0.3 is 12.0 Å². The van der Waals surface area contributed by atoms with E-state index in [1.165, 1.54) is 4.90 Å². The molecule has 2 fully saturated rings. The Hall–Kier alpha value is -1.79. The van der Waals surface area contributed by atoms with Gasteiger partial charge in [0, 0.05) is 26.2 Å². The van der Waals surface area contributed by atoms with Gasteiger partial charge in [-0.25, -0.2) is 4.79 Å². The van der Waals surface area contributed by atoms with Gasteiger partial charge in [0.15, 0.2) is 0 Å². The molecular weight excluding hydrogens is 274 g/mol. The van der Waals surface area contributed by atoms with Crippen molar-refractivity contribution in [2.24, 2.45) is 11.3 Å². The Morgan fingerprint density at radius 3 is 2.57 bits per heavy atom. The van der Waals surface area contributed by atoms with Crippen LogP contribution in [0.15, 0.2) is 0 Å². The smallest absolute Gasteiger partial charge is 0.320 e. The number of carbonyl (C=O) groups is 3. The molecule has 2 heterocycles. The number of carboxylic acid groups (broad SMARTS) is 1. The van der Waals surface area contributed by atoms with E-state index in [2.05, 4.69) is 5.32 Å². The van der Waals surface area contributed by atoms with Crippen LogP contribution in [0.2, 0.25) is 0 Å². The number of amides is 3. The number of carbonyl (C=O) groups excluding carboxylic acids is 2. The first-order chi connectivity index (χ1) is 9.79. The Morgan fingerprint density at radius 2 is 2.05 bits per heavy atom. The van der Waals surface area contributed by atoms with Gasteiger partial charge in [0.2, 0.25) is 5.91 Å². The Morgan fingerprint density at radius 1 is 1.38 bits per heavy atom. The molecule has 0 aromatic rings. The Balaban J connectivity index is 2.12. The van der Waals surface area contributed by atoms with Gasteiger partial charge in [0.1, 0.15) is 6.04 Å². The van der Waals surface area contributed by atoms with Crippen LogP contribution in [0.5, 0.6) is 0 Å². The summed E-state index contributed by atoms with van der Waals surface area (Å²) in [5, 5.41) is 12.2. The highest BCUT2D eigenvalue weighted by Gasteiger charge is 2.49. The van der Waals surface area contributed by atoms with E-state index in [4.69, 9.17) is 0 Å². The Bertz CT molecular complexity index is 465. The molecule has 2 saturated heterocycles. The first-order valence-corrected chi connectivity index (χ1v) is 7.36. The van der Waals surface area contributed by atoms with Crippen molar-refractivity contribution in [3.63, 3.8) is 0 Å². The molecule has 118 valence electrons. The molecular formula is C14H23N3O4. The molecule has 0 bridgehead atoms. The number of aliphatic carboxylic acids is 1. The van der Waals surface area contributed by atoms with E-state index in [1.807, 2.05) is 13.8 Å². The van der Waals surface area contributed by atoms with E-state index >= 15 is 0 Å². The Labute approximate surface area is 124 Å². The molecule has 2 N–H and O–H groups in total. The van der Waals surface area contributed by atoms with Crippen LogP contribution in [0.3, 0.4) is 0 Å². The van der Waals surface area contributed by atoms with Crippen molar-refractivity contribution in [1.29, 1.82) is 0 Å². The minimum Gasteiger partial charge on any atom is -0.481 e. The van der Waals surface area contributed by atoms with Crippen LogP contribution < -0.4 is 5.32 Å². The predicted molar refractivity (Wildman–Crippen MR) is 75.7 cm³/mol. The fraction of sp³-hybridized carbons (Fsp3) is 0.786. The molecule has 2 aliphatic rings. The maximum atomic E-state index is 12.6. The maximum absolute atomic E-state index is 12.6. The third-order valence-electron chi connectivity index (χ3n) is 4.85. The highest BCUT2D eigenvalue weighted by atomic mass is 16.4. The van der Waals surface area contributed by atoms with Gasteiger partial charge in [-0.3, -0.25) is 9.59 Å². The van der Waals surface area contributed by atoms with Crippen molar-refractivity contribution in [3.05, 3.63) is 0 Å². The molecule has 2 rings (SSSR count). The molecule has 2 unspecified atom stereocenters. The van der Waals surface area contributed by atoms with Crippen LogP contribution in [0.4, 0.5) is 4.79 Å². The van der Waals surface area contributed by atoms with Crippen molar-refractivity contribution < 1.29 is 19.5 Å². The summed E-state index contributed by atoms with van der Waals surface area (Å²) >= 11 is 0. The topological polar surface area (TPSA) is 90.0 Å². The molecule has 7 nitrogen and oxygen atoms in total. The first-order valence-electron chi connectivity index (χ1n) is 7.36. The third-order valence-corrected chi connectivity index (χ3v) is 4.85. The number of hydrogen-bond acceptors (Lipinski definition) is 3. The number of rotatable bonds is 2. The molecule has 2 aliphatic heterocycles. The molecule has 7 heteroatoms. The number of carboxylic acids is 1. The second-order valence-electron chi connectivity index (χ2n) is 6.23. The second-order valence-corrected chi connectivity index (χ2v) is 6.23. The Kier molecular flexibility index (Phi) is 4.11. The zero-order valence-electron chi connectivity index (χ0n) is 12.8. The number of nitrogens with one attached hydrogen (secondary N) is 1. The van der Waals surface area contributed by atoms with Crippen molar-refractivity contribution in [1.82, 2.24) is 15.1 Å². The summed E-state index contributed by atoms with van der Waals surface area (Å²) < 4.78 is 0. The van der Waals surface area contributed by atoms with Crippen molar-refractivity contribution >= 4 is 17.9 Å². The van der Waals surface area contributed by atoms with E-state index in [-0.39, 0.29) is 24.4 Å². The van der Waals surface area contributed by atoms with Crippen molar-refractivity contribution in [2.75, 3.05) is 26.2 Å². The number of piperazine rings is 1.